The molecule has 6 nitrogen and oxygen atoms in total. The lowest BCUT2D eigenvalue weighted by atomic mass is 9.50. The van der Waals surface area contributed by atoms with Crippen LogP contribution in [0.3, 0.4) is 0 Å². The van der Waals surface area contributed by atoms with E-state index in [4.69, 9.17) is 14.7 Å². The summed E-state index contributed by atoms with van der Waals surface area (Å²) in [5.74, 6) is 2.75. The van der Waals surface area contributed by atoms with Gasteiger partial charge in [0.1, 0.15) is 5.65 Å². The number of nitrogens with zero attached hydrogens (tertiary/aromatic N) is 3. The number of aliphatic hydroxyl groups is 1. The van der Waals surface area contributed by atoms with Gasteiger partial charge in [-0.1, -0.05) is 6.42 Å². The van der Waals surface area contributed by atoms with Crippen molar-refractivity contribution in [2.75, 3.05) is 6.61 Å². The first-order chi connectivity index (χ1) is 15.0. The normalized spacial score (nSPS) is 38.1. The molecule has 6 unspecified atom stereocenters. The van der Waals surface area contributed by atoms with Crippen LogP contribution in [0.5, 0.6) is 0 Å². The molecule has 3 saturated carbocycles. The fourth-order valence-corrected chi connectivity index (χ4v) is 7.73. The number of pyridine rings is 1. The monoisotopic (exact) mass is 418 g/mol. The van der Waals surface area contributed by atoms with Crippen LogP contribution >= 0.6 is 0 Å². The molecule has 0 spiro atoms. The lowest BCUT2D eigenvalue weighted by Crippen LogP contribution is -2.65. The third-order valence-corrected chi connectivity index (χ3v) is 9.21. The Balaban J connectivity index is 1.44. The highest BCUT2D eigenvalue weighted by molar-refractivity contribution is 6.68. The molecule has 4 fully saturated rings. The molecular formula is C24H31BN4O2. The maximum atomic E-state index is 10.9. The highest BCUT2D eigenvalue weighted by atomic mass is 16.4. The third kappa shape index (κ3) is 2.53. The van der Waals surface area contributed by atoms with Crippen LogP contribution in [0.15, 0.2) is 23.6 Å². The summed E-state index contributed by atoms with van der Waals surface area (Å²) >= 11 is 0. The van der Waals surface area contributed by atoms with Crippen molar-refractivity contribution in [3.63, 3.8) is 0 Å². The zero-order chi connectivity index (χ0) is 20.9. The van der Waals surface area contributed by atoms with E-state index in [1.807, 2.05) is 12.4 Å². The van der Waals surface area contributed by atoms with Crippen molar-refractivity contribution >= 4 is 29.3 Å². The quantitative estimate of drug-likeness (QED) is 0.699. The van der Waals surface area contributed by atoms with E-state index >= 15 is 0 Å². The van der Waals surface area contributed by atoms with Crippen LogP contribution < -0.4 is 5.46 Å². The van der Waals surface area contributed by atoms with E-state index in [1.54, 1.807) is 0 Å². The van der Waals surface area contributed by atoms with Crippen LogP contribution in [-0.2, 0) is 4.65 Å². The number of aromatic amines is 1. The molecule has 0 radical (unpaired) electrons. The minimum atomic E-state index is -0.167. The Hall–Kier alpha value is -1.86. The number of aliphatic hydroxyl groups excluding tert-OH is 1. The van der Waals surface area contributed by atoms with Crippen molar-refractivity contribution in [2.45, 2.75) is 64.0 Å². The van der Waals surface area contributed by atoms with E-state index in [1.165, 1.54) is 42.4 Å². The lowest BCUT2D eigenvalue weighted by molar-refractivity contribution is -0.0812. The van der Waals surface area contributed by atoms with Gasteiger partial charge in [-0.25, -0.2) is 4.98 Å². The number of hydrazone groups is 1. The van der Waals surface area contributed by atoms with E-state index < -0.39 is 0 Å². The Morgan fingerprint density at radius 3 is 3.03 bits per heavy atom. The van der Waals surface area contributed by atoms with E-state index in [2.05, 4.69) is 29.8 Å². The molecule has 7 rings (SSSR count). The highest BCUT2D eigenvalue weighted by Crippen LogP contribution is 2.56. The predicted octanol–water partition coefficient (Wildman–Crippen LogP) is 2.91. The molecule has 31 heavy (non-hydrogen) atoms. The van der Waals surface area contributed by atoms with Gasteiger partial charge >= 0.3 is 7.05 Å². The first-order valence-corrected chi connectivity index (χ1v) is 12.1. The van der Waals surface area contributed by atoms with E-state index in [0.29, 0.717) is 23.7 Å². The maximum Gasteiger partial charge on any atom is 0.471 e. The standard InChI is InChI=1S/C24H31BN4O2/c1-24(2)6-8-31-25-18-12-27-23-16(5-7-26-23)21(18)22(28-29(24)25)20-14-9-13-3-4-15(17(20)10-13)19(30)11-14/h5,7,12-15,17,19-20,30H,3-4,6,8-11H2,1-2H3,(H,26,27). The molecule has 2 aromatic rings. The predicted molar refractivity (Wildman–Crippen MR) is 121 cm³/mol. The van der Waals surface area contributed by atoms with Crippen LogP contribution in [-0.4, -0.2) is 51.0 Å². The smallest absolute Gasteiger partial charge is 0.412 e. The molecule has 2 aromatic heterocycles. The molecule has 7 heteroatoms. The minimum absolute atomic E-state index is 0.0543. The highest BCUT2D eigenvalue weighted by Gasteiger charge is 2.55. The van der Waals surface area contributed by atoms with Gasteiger partial charge in [0.15, 0.2) is 0 Å². The van der Waals surface area contributed by atoms with Gasteiger partial charge in [-0.15, -0.1) is 0 Å². The molecule has 0 aromatic carbocycles. The van der Waals surface area contributed by atoms with E-state index in [9.17, 15) is 5.11 Å². The number of nitrogens with one attached hydrogen (secondary N) is 1. The van der Waals surface area contributed by atoms with Crippen molar-refractivity contribution < 1.29 is 9.76 Å². The fraction of sp³-hybridized carbons (Fsp3) is 0.667. The zero-order valence-corrected chi connectivity index (χ0v) is 18.4. The SMILES string of the molecule is CC1(C)CCOB2c3cnc4[nH]ccc4c3C(C3C4CC5CCC(C(O)C4)C3C5)=NN21. The summed E-state index contributed by atoms with van der Waals surface area (Å²) in [6.45, 7) is 5.31. The Labute approximate surface area is 183 Å². The summed E-state index contributed by atoms with van der Waals surface area (Å²) in [6, 6.07) is 2.15. The third-order valence-electron chi connectivity index (χ3n) is 9.21. The van der Waals surface area contributed by atoms with E-state index in [-0.39, 0.29) is 18.7 Å². The fourth-order valence-electron chi connectivity index (χ4n) is 7.73. The number of hydrogen-bond acceptors (Lipinski definition) is 5. The van der Waals surface area contributed by atoms with Gasteiger partial charge in [0.05, 0.1) is 11.8 Å². The van der Waals surface area contributed by atoms with Gasteiger partial charge in [0.25, 0.3) is 0 Å². The minimum Gasteiger partial charge on any atom is -0.412 e. The lowest BCUT2D eigenvalue weighted by Gasteiger charge is -2.56. The largest absolute Gasteiger partial charge is 0.471 e. The number of aromatic nitrogens is 2. The summed E-state index contributed by atoms with van der Waals surface area (Å²) in [7, 11) is -0.167. The number of fused-ring (bicyclic) bond motifs is 7. The molecule has 1 saturated heterocycles. The van der Waals surface area contributed by atoms with Crippen LogP contribution in [0, 0.1) is 29.6 Å². The topological polar surface area (TPSA) is 73.7 Å². The second-order valence-corrected chi connectivity index (χ2v) is 11.3. The second-order valence-electron chi connectivity index (χ2n) is 11.3. The number of H-pyrrole nitrogens is 1. The van der Waals surface area contributed by atoms with Crippen molar-refractivity contribution in [1.29, 1.82) is 0 Å². The molecule has 162 valence electrons. The second kappa shape index (κ2) is 6.35. The number of rotatable bonds is 1. The molecule has 2 N–H and O–H groups in total. The first kappa shape index (κ1) is 18.7. The molecule has 5 aliphatic rings. The van der Waals surface area contributed by atoms with Crippen LogP contribution in [0.4, 0.5) is 0 Å². The van der Waals surface area contributed by atoms with Gasteiger partial charge in [-0.2, -0.15) is 5.10 Å². The molecule has 4 heterocycles. The van der Waals surface area contributed by atoms with Crippen LogP contribution in [0.1, 0.15) is 57.9 Å². The van der Waals surface area contributed by atoms with Crippen molar-refractivity contribution in [3.8, 4) is 0 Å². The Bertz CT molecular complexity index is 1080. The Morgan fingerprint density at radius 2 is 2.13 bits per heavy atom. The summed E-state index contributed by atoms with van der Waals surface area (Å²) in [5, 5.41) is 17.5. The number of hydrogen-bond donors (Lipinski definition) is 2. The van der Waals surface area contributed by atoms with Crippen LogP contribution in [0.2, 0.25) is 0 Å². The van der Waals surface area contributed by atoms with Gasteiger partial charge in [0.2, 0.25) is 0 Å². The van der Waals surface area contributed by atoms with Gasteiger partial charge in [-0.05, 0) is 75.7 Å². The molecule has 3 bridgehead atoms. The summed E-state index contributed by atoms with van der Waals surface area (Å²) < 4.78 is 6.29. The Kier molecular flexibility index (Phi) is 3.83. The zero-order valence-electron chi connectivity index (χ0n) is 18.4. The molecule has 2 aliphatic heterocycles. The van der Waals surface area contributed by atoms with Gasteiger partial charge in [0, 0.05) is 46.9 Å². The molecule has 6 atom stereocenters. The van der Waals surface area contributed by atoms with Crippen LogP contribution in [0.25, 0.3) is 11.0 Å². The molecule has 3 aliphatic carbocycles. The summed E-state index contributed by atoms with van der Waals surface area (Å²) in [4.78, 5) is 10.3. The van der Waals surface area contributed by atoms with Crippen molar-refractivity contribution in [3.05, 3.63) is 24.0 Å². The average Bonchev–Trinajstić information content (AvgIpc) is 3.21. The summed E-state index contributed by atoms with van der Waals surface area (Å²) in [5.41, 5.74) is 4.53. The Morgan fingerprint density at radius 1 is 1.23 bits per heavy atom. The van der Waals surface area contributed by atoms with Gasteiger partial charge < -0.3 is 19.7 Å². The van der Waals surface area contributed by atoms with Crippen molar-refractivity contribution in [1.82, 2.24) is 14.9 Å². The first-order valence-electron chi connectivity index (χ1n) is 12.1. The van der Waals surface area contributed by atoms with Gasteiger partial charge in [-0.3, -0.25) is 0 Å². The van der Waals surface area contributed by atoms with Crippen molar-refractivity contribution in [2.24, 2.45) is 34.7 Å². The average molecular weight is 418 g/mol. The molecular weight excluding hydrogens is 387 g/mol. The van der Waals surface area contributed by atoms with E-state index in [0.717, 1.165) is 36.4 Å². The maximum absolute atomic E-state index is 10.9. The summed E-state index contributed by atoms with van der Waals surface area (Å²) in [6.07, 6.45) is 10.7. The molecule has 0 amide bonds.